The van der Waals surface area contributed by atoms with Gasteiger partial charge in [-0.3, -0.25) is 4.79 Å². The number of ether oxygens (including phenoxy) is 1. The largest absolute Gasteiger partial charge is 0.355 e. The normalized spacial score (nSPS) is 36.4. The topological polar surface area (TPSA) is 29.5 Å². The molecule has 2 atom stereocenters. The van der Waals surface area contributed by atoms with Crippen LogP contribution in [0.1, 0.15) is 32.6 Å². The van der Waals surface area contributed by atoms with E-state index in [-0.39, 0.29) is 18.2 Å². The molecule has 0 aromatic heterocycles. The van der Waals surface area contributed by atoms with Crippen LogP contribution in [0.5, 0.6) is 0 Å². The zero-order valence-electron chi connectivity index (χ0n) is 7.45. The molecule has 68 valence electrons. The lowest BCUT2D eigenvalue weighted by Crippen LogP contribution is -2.51. The highest BCUT2D eigenvalue weighted by Gasteiger charge is 2.33. The molecular weight excluding hydrogens is 154 g/mol. The average molecular weight is 169 g/mol. The van der Waals surface area contributed by atoms with Crippen molar-refractivity contribution in [1.29, 1.82) is 0 Å². The molecule has 2 saturated heterocycles. The molecule has 2 aliphatic heterocycles. The Bertz CT molecular complexity index is 193. The third-order valence-electron chi connectivity index (χ3n) is 2.62. The van der Waals surface area contributed by atoms with Gasteiger partial charge < -0.3 is 9.64 Å². The third-order valence-corrected chi connectivity index (χ3v) is 2.62. The van der Waals surface area contributed by atoms with Gasteiger partial charge >= 0.3 is 0 Å². The second-order valence-corrected chi connectivity index (χ2v) is 3.69. The second kappa shape index (κ2) is 3.05. The highest BCUT2D eigenvalue weighted by molar-refractivity contribution is 5.77. The number of amides is 1. The van der Waals surface area contributed by atoms with Crippen molar-refractivity contribution in [3.63, 3.8) is 0 Å². The van der Waals surface area contributed by atoms with Gasteiger partial charge in [-0.15, -0.1) is 0 Å². The fourth-order valence-electron chi connectivity index (χ4n) is 2.01. The Labute approximate surface area is 72.7 Å². The highest BCUT2D eigenvalue weighted by atomic mass is 16.5. The van der Waals surface area contributed by atoms with Crippen molar-refractivity contribution in [3.8, 4) is 0 Å². The zero-order chi connectivity index (χ0) is 8.55. The van der Waals surface area contributed by atoms with Crippen molar-refractivity contribution in [2.24, 2.45) is 0 Å². The van der Waals surface area contributed by atoms with Gasteiger partial charge in [-0.2, -0.15) is 0 Å². The van der Waals surface area contributed by atoms with Gasteiger partial charge in [0.1, 0.15) is 6.23 Å². The molecule has 12 heavy (non-hydrogen) atoms. The van der Waals surface area contributed by atoms with Crippen molar-refractivity contribution in [2.45, 2.75) is 44.9 Å². The minimum absolute atomic E-state index is 0.0926. The lowest BCUT2D eigenvalue weighted by atomic mass is 10.1. The van der Waals surface area contributed by atoms with Gasteiger partial charge in [0.2, 0.25) is 5.91 Å². The maximum atomic E-state index is 11.5. The van der Waals surface area contributed by atoms with Crippen LogP contribution < -0.4 is 0 Å². The lowest BCUT2D eigenvalue weighted by Gasteiger charge is -2.41. The maximum absolute atomic E-state index is 11.5. The van der Waals surface area contributed by atoms with Gasteiger partial charge in [-0.1, -0.05) is 0 Å². The van der Waals surface area contributed by atoms with Crippen LogP contribution in [-0.2, 0) is 9.53 Å². The number of rotatable bonds is 0. The van der Waals surface area contributed by atoms with E-state index in [1.807, 2.05) is 11.8 Å². The minimum Gasteiger partial charge on any atom is -0.355 e. The summed E-state index contributed by atoms with van der Waals surface area (Å²) >= 11 is 0. The summed E-state index contributed by atoms with van der Waals surface area (Å²) in [5, 5.41) is 0. The summed E-state index contributed by atoms with van der Waals surface area (Å²) in [6.07, 6.45) is 4.14. The summed E-state index contributed by atoms with van der Waals surface area (Å²) in [5.74, 6) is 0.276. The van der Waals surface area contributed by atoms with E-state index in [2.05, 4.69) is 0 Å². The van der Waals surface area contributed by atoms with Gasteiger partial charge in [0, 0.05) is 6.54 Å². The molecular formula is C9H15NO2. The van der Waals surface area contributed by atoms with E-state index in [4.69, 9.17) is 4.74 Å². The minimum atomic E-state index is 0.0926. The standard InChI is InChI=1S/C9H15NO2/c1-7-6-8(11)10-5-3-2-4-9(10)12-7/h7,9H,2-6H2,1H3/t7-,9+/m1/s1. The van der Waals surface area contributed by atoms with Crippen LogP contribution in [0.4, 0.5) is 0 Å². The van der Waals surface area contributed by atoms with Gasteiger partial charge in [0.05, 0.1) is 12.5 Å². The van der Waals surface area contributed by atoms with Gasteiger partial charge in [-0.25, -0.2) is 0 Å². The molecule has 0 saturated carbocycles. The Hall–Kier alpha value is -0.570. The van der Waals surface area contributed by atoms with Crippen molar-refractivity contribution in [3.05, 3.63) is 0 Å². The Balaban J connectivity index is 2.06. The fraction of sp³-hybridized carbons (Fsp3) is 0.889. The summed E-state index contributed by atoms with van der Waals surface area (Å²) < 4.78 is 5.67. The monoisotopic (exact) mass is 169 g/mol. The van der Waals surface area contributed by atoms with Crippen LogP contribution >= 0.6 is 0 Å². The van der Waals surface area contributed by atoms with Crippen molar-refractivity contribution in [1.82, 2.24) is 4.90 Å². The lowest BCUT2D eigenvalue weighted by molar-refractivity contribution is -0.178. The van der Waals surface area contributed by atoms with Crippen LogP contribution in [0.15, 0.2) is 0 Å². The van der Waals surface area contributed by atoms with E-state index >= 15 is 0 Å². The Morgan fingerprint density at radius 1 is 1.50 bits per heavy atom. The Morgan fingerprint density at radius 3 is 3.17 bits per heavy atom. The van der Waals surface area contributed by atoms with Gasteiger partial charge in [0.25, 0.3) is 0 Å². The molecule has 0 spiro atoms. The molecule has 3 heteroatoms. The fourth-order valence-corrected chi connectivity index (χ4v) is 2.01. The summed E-state index contributed by atoms with van der Waals surface area (Å²) in [6.45, 7) is 2.88. The van der Waals surface area contributed by atoms with E-state index < -0.39 is 0 Å². The summed E-state index contributed by atoms with van der Waals surface area (Å²) in [5.41, 5.74) is 0. The molecule has 2 rings (SSSR count). The zero-order valence-corrected chi connectivity index (χ0v) is 7.45. The molecule has 3 nitrogen and oxygen atoms in total. The molecule has 2 fully saturated rings. The first-order valence-electron chi connectivity index (χ1n) is 4.72. The Morgan fingerprint density at radius 2 is 2.33 bits per heavy atom. The number of carbonyl (C=O) groups excluding carboxylic acids is 1. The molecule has 2 aliphatic rings. The summed E-state index contributed by atoms with van der Waals surface area (Å²) in [4.78, 5) is 13.4. The predicted octanol–water partition coefficient (Wildman–Crippen LogP) is 1.13. The molecule has 0 aromatic carbocycles. The molecule has 0 aromatic rings. The molecule has 0 aliphatic carbocycles. The van der Waals surface area contributed by atoms with Crippen LogP contribution in [0.2, 0.25) is 0 Å². The predicted molar refractivity (Wildman–Crippen MR) is 44.5 cm³/mol. The van der Waals surface area contributed by atoms with Crippen LogP contribution in [0.25, 0.3) is 0 Å². The van der Waals surface area contributed by atoms with Crippen LogP contribution in [0.3, 0.4) is 0 Å². The summed E-state index contributed by atoms with van der Waals surface area (Å²) in [7, 11) is 0. The maximum Gasteiger partial charge on any atom is 0.227 e. The number of carbonyl (C=O) groups is 1. The first-order chi connectivity index (χ1) is 5.77. The van der Waals surface area contributed by atoms with Gasteiger partial charge in [0.15, 0.2) is 0 Å². The van der Waals surface area contributed by atoms with E-state index in [0.717, 1.165) is 19.4 Å². The van der Waals surface area contributed by atoms with E-state index in [0.29, 0.717) is 6.42 Å². The molecule has 1 amide bonds. The highest BCUT2D eigenvalue weighted by Crippen LogP contribution is 2.25. The van der Waals surface area contributed by atoms with E-state index in [1.165, 1.54) is 6.42 Å². The van der Waals surface area contributed by atoms with E-state index in [1.54, 1.807) is 0 Å². The number of nitrogens with zero attached hydrogens (tertiary/aromatic N) is 1. The number of fused-ring (bicyclic) bond motifs is 1. The first-order valence-corrected chi connectivity index (χ1v) is 4.72. The van der Waals surface area contributed by atoms with Crippen LogP contribution in [0, 0.1) is 0 Å². The first kappa shape index (κ1) is 8.05. The molecule has 0 bridgehead atoms. The molecule has 0 radical (unpaired) electrons. The number of hydrogen-bond donors (Lipinski definition) is 0. The SMILES string of the molecule is C[C@@H]1CC(=O)N2CCCC[C@@H]2O1. The van der Waals surface area contributed by atoms with Crippen LogP contribution in [-0.4, -0.2) is 29.7 Å². The molecule has 0 N–H and O–H groups in total. The second-order valence-electron chi connectivity index (χ2n) is 3.69. The number of hydrogen-bond acceptors (Lipinski definition) is 2. The smallest absolute Gasteiger partial charge is 0.227 e. The van der Waals surface area contributed by atoms with E-state index in [9.17, 15) is 4.79 Å². The van der Waals surface area contributed by atoms with Crippen molar-refractivity contribution < 1.29 is 9.53 Å². The van der Waals surface area contributed by atoms with Gasteiger partial charge in [-0.05, 0) is 26.2 Å². The molecule has 2 heterocycles. The van der Waals surface area contributed by atoms with Crippen molar-refractivity contribution >= 4 is 5.91 Å². The molecule has 0 unspecified atom stereocenters. The number of piperidine rings is 1. The summed E-state index contributed by atoms with van der Waals surface area (Å²) in [6, 6.07) is 0. The quantitative estimate of drug-likeness (QED) is 0.544. The Kier molecular flexibility index (Phi) is 2.05. The third kappa shape index (κ3) is 1.33. The average Bonchev–Trinajstić information content (AvgIpc) is 2.04. The van der Waals surface area contributed by atoms with Crippen molar-refractivity contribution in [2.75, 3.05) is 6.54 Å².